The van der Waals surface area contributed by atoms with Crippen LogP contribution in [-0.4, -0.2) is 44.6 Å². The van der Waals surface area contributed by atoms with E-state index in [1.54, 1.807) is 7.05 Å². The van der Waals surface area contributed by atoms with Crippen LogP contribution in [0.15, 0.2) is 12.4 Å². The summed E-state index contributed by atoms with van der Waals surface area (Å²) in [5.74, 6) is 1.26. The smallest absolute Gasteiger partial charge is 0.319 e. The lowest BCUT2D eigenvalue weighted by molar-refractivity contribution is 0.0650. The quantitative estimate of drug-likeness (QED) is 0.871. The number of nitrogens with zero attached hydrogens (tertiary/aromatic N) is 3. The average Bonchev–Trinajstić information content (AvgIpc) is 3.08. The van der Waals surface area contributed by atoms with Crippen LogP contribution in [0.25, 0.3) is 0 Å². The van der Waals surface area contributed by atoms with Crippen LogP contribution in [0.5, 0.6) is 0 Å². The first-order valence-corrected chi connectivity index (χ1v) is 8.49. The Morgan fingerprint density at radius 3 is 3.05 bits per heavy atom. The molecule has 0 bridgehead atoms. The molecule has 8 heteroatoms. The number of rotatable bonds is 6. The molecule has 1 aromatic rings. The zero-order valence-electron chi connectivity index (χ0n) is 12.8. The molecule has 0 unspecified atom stereocenters. The fraction of sp³-hybridized carbons (Fsp3) is 0.714. The SMILES string of the molecule is CCS[C@@H]1CC[C@H](NC(=O)N(C)Cc2nccn2C(F)F)C1. The highest BCUT2D eigenvalue weighted by Gasteiger charge is 2.27. The molecular weight excluding hydrogens is 310 g/mol. The van der Waals surface area contributed by atoms with Crippen molar-refractivity contribution in [2.75, 3.05) is 12.8 Å². The lowest BCUT2D eigenvalue weighted by atomic mass is 10.2. The highest BCUT2D eigenvalue weighted by molar-refractivity contribution is 7.99. The molecule has 1 fully saturated rings. The molecule has 1 aliphatic carbocycles. The summed E-state index contributed by atoms with van der Waals surface area (Å²) in [5.41, 5.74) is 0. The highest BCUT2D eigenvalue weighted by Crippen LogP contribution is 2.29. The van der Waals surface area contributed by atoms with Crippen molar-refractivity contribution >= 4 is 17.8 Å². The zero-order chi connectivity index (χ0) is 16.1. The maximum absolute atomic E-state index is 12.8. The van der Waals surface area contributed by atoms with Gasteiger partial charge in [0.25, 0.3) is 0 Å². The summed E-state index contributed by atoms with van der Waals surface area (Å²) in [7, 11) is 1.59. The molecule has 2 rings (SSSR count). The summed E-state index contributed by atoms with van der Waals surface area (Å²) in [5, 5.41) is 3.59. The Morgan fingerprint density at radius 2 is 2.36 bits per heavy atom. The van der Waals surface area contributed by atoms with Crippen LogP contribution in [0.3, 0.4) is 0 Å². The maximum Gasteiger partial charge on any atom is 0.319 e. The van der Waals surface area contributed by atoms with Crippen molar-refractivity contribution < 1.29 is 13.6 Å². The van der Waals surface area contributed by atoms with Gasteiger partial charge in [0.05, 0.1) is 6.54 Å². The Bertz CT molecular complexity index is 497. The van der Waals surface area contributed by atoms with E-state index in [9.17, 15) is 13.6 Å². The number of urea groups is 1. The Hall–Kier alpha value is -1.31. The summed E-state index contributed by atoms with van der Waals surface area (Å²) < 4.78 is 26.3. The van der Waals surface area contributed by atoms with Crippen molar-refractivity contribution in [3.63, 3.8) is 0 Å². The van der Waals surface area contributed by atoms with Gasteiger partial charge in [0.2, 0.25) is 0 Å². The molecule has 0 spiro atoms. The molecule has 22 heavy (non-hydrogen) atoms. The van der Waals surface area contributed by atoms with Crippen molar-refractivity contribution in [1.82, 2.24) is 19.8 Å². The number of amides is 2. The summed E-state index contributed by atoms with van der Waals surface area (Å²) in [6.45, 7) is -0.450. The number of hydrogen-bond donors (Lipinski definition) is 1. The van der Waals surface area contributed by atoms with Gasteiger partial charge in [0.15, 0.2) is 0 Å². The number of nitrogens with one attached hydrogen (secondary N) is 1. The van der Waals surface area contributed by atoms with Gasteiger partial charge in [0, 0.05) is 30.7 Å². The minimum Gasteiger partial charge on any atom is -0.335 e. The summed E-state index contributed by atoms with van der Waals surface area (Å²) in [6, 6.07) is -0.0650. The molecule has 124 valence electrons. The average molecular weight is 332 g/mol. The van der Waals surface area contributed by atoms with Crippen LogP contribution in [0.4, 0.5) is 13.6 Å². The topological polar surface area (TPSA) is 50.2 Å². The largest absolute Gasteiger partial charge is 0.335 e. The predicted octanol–water partition coefficient (Wildman–Crippen LogP) is 3.09. The van der Waals surface area contributed by atoms with E-state index in [1.807, 2.05) is 11.8 Å². The first-order valence-electron chi connectivity index (χ1n) is 7.44. The standard InChI is InChI=1S/C14H22F2N4OS/c1-3-22-11-5-4-10(8-11)18-14(21)19(2)9-12-17-6-7-20(12)13(15)16/h6-7,10-11,13H,3-5,8-9H2,1-2H3,(H,18,21)/t10-,11+/m0/s1. The predicted molar refractivity (Wildman–Crippen MR) is 83.0 cm³/mol. The number of thioether (sulfide) groups is 1. The van der Waals surface area contributed by atoms with E-state index in [4.69, 9.17) is 0 Å². The minimum atomic E-state index is -2.64. The third-order valence-corrected chi connectivity index (χ3v) is 5.03. The number of imidazole rings is 1. The highest BCUT2D eigenvalue weighted by atomic mass is 32.2. The van der Waals surface area contributed by atoms with Crippen molar-refractivity contribution in [3.8, 4) is 0 Å². The Balaban J connectivity index is 1.84. The first-order chi connectivity index (χ1) is 10.5. The van der Waals surface area contributed by atoms with Gasteiger partial charge in [-0.1, -0.05) is 6.92 Å². The van der Waals surface area contributed by atoms with Crippen molar-refractivity contribution in [1.29, 1.82) is 0 Å². The van der Waals surface area contributed by atoms with Gasteiger partial charge < -0.3 is 10.2 Å². The van der Waals surface area contributed by atoms with Gasteiger partial charge in [-0.15, -0.1) is 0 Å². The third-order valence-electron chi connectivity index (χ3n) is 3.80. The van der Waals surface area contributed by atoms with Gasteiger partial charge in [-0.2, -0.15) is 20.5 Å². The number of aromatic nitrogens is 2. The summed E-state index contributed by atoms with van der Waals surface area (Å²) in [4.78, 5) is 17.4. The first kappa shape index (κ1) is 17.1. The Morgan fingerprint density at radius 1 is 1.59 bits per heavy atom. The van der Waals surface area contributed by atoms with E-state index in [1.165, 1.54) is 17.3 Å². The van der Waals surface area contributed by atoms with E-state index in [2.05, 4.69) is 17.2 Å². The summed E-state index contributed by atoms with van der Waals surface area (Å²) >= 11 is 1.93. The van der Waals surface area contributed by atoms with Crippen LogP contribution in [0.2, 0.25) is 0 Å². The number of halogens is 2. The van der Waals surface area contributed by atoms with Gasteiger partial charge >= 0.3 is 12.6 Å². The number of hydrogen-bond acceptors (Lipinski definition) is 3. The number of carbonyl (C=O) groups is 1. The van der Waals surface area contributed by atoms with Gasteiger partial charge in [-0.3, -0.25) is 4.57 Å². The second-order valence-corrected chi connectivity index (χ2v) is 7.00. The molecule has 5 nitrogen and oxygen atoms in total. The molecule has 2 atom stereocenters. The maximum atomic E-state index is 12.8. The molecule has 1 N–H and O–H groups in total. The summed E-state index contributed by atoms with van der Waals surface area (Å²) in [6.07, 6.45) is 5.60. The molecule has 1 aromatic heterocycles. The van der Waals surface area contributed by atoms with E-state index < -0.39 is 6.55 Å². The molecule has 1 aliphatic rings. The van der Waals surface area contributed by atoms with Crippen LogP contribution in [-0.2, 0) is 6.54 Å². The number of carbonyl (C=O) groups excluding carboxylic acids is 1. The number of alkyl halides is 2. The van der Waals surface area contributed by atoms with E-state index in [-0.39, 0.29) is 24.4 Å². The Labute approximate surface area is 133 Å². The van der Waals surface area contributed by atoms with Crippen LogP contribution < -0.4 is 5.32 Å². The van der Waals surface area contributed by atoms with E-state index in [0.29, 0.717) is 5.25 Å². The normalized spacial score (nSPS) is 21.3. The molecule has 0 saturated heterocycles. The van der Waals surface area contributed by atoms with Crippen molar-refractivity contribution in [2.24, 2.45) is 0 Å². The molecule has 0 aliphatic heterocycles. The molecule has 2 amide bonds. The van der Waals surface area contributed by atoms with Crippen LogP contribution in [0.1, 0.15) is 38.6 Å². The van der Waals surface area contributed by atoms with E-state index in [0.717, 1.165) is 29.6 Å². The fourth-order valence-electron chi connectivity index (χ4n) is 2.67. The second-order valence-electron chi connectivity index (χ2n) is 5.42. The minimum absolute atomic E-state index is 0.0586. The van der Waals surface area contributed by atoms with Gasteiger partial charge in [-0.25, -0.2) is 9.78 Å². The molecule has 1 saturated carbocycles. The van der Waals surface area contributed by atoms with Crippen molar-refractivity contribution in [3.05, 3.63) is 18.2 Å². The lowest BCUT2D eigenvalue weighted by Gasteiger charge is -2.21. The molecule has 0 aromatic carbocycles. The lowest BCUT2D eigenvalue weighted by Crippen LogP contribution is -2.42. The van der Waals surface area contributed by atoms with Gasteiger partial charge in [0.1, 0.15) is 5.82 Å². The Kier molecular flexibility index (Phi) is 6.05. The van der Waals surface area contributed by atoms with E-state index >= 15 is 0 Å². The van der Waals surface area contributed by atoms with Crippen LogP contribution in [0, 0.1) is 0 Å². The fourth-order valence-corrected chi connectivity index (χ4v) is 3.81. The monoisotopic (exact) mass is 332 g/mol. The molecule has 1 heterocycles. The zero-order valence-corrected chi connectivity index (χ0v) is 13.7. The molecular formula is C14H22F2N4OS. The molecule has 0 radical (unpaired) electrons. The third kappa shape index (κ3) is 4.34. The van der Waals surface area contributed by atoms with Gasteiger partial charge in [-0.05, 0) is 25.0 Å². The van der Waals surface area contributed by atoms with Crippen LogP contribution >= 0.6 is 11.8 Å². The van der Waals surface area contributed by atoms with Crippen molar-refractivity contribution in [2.45, 2.75) is 50.6 Å². The second kappa shape index (κ2) is 7.80.